The van der Waals surface area contributed by atoms with Gasteiger partial charge in [0.25, 0.3) is 11.7 Å². The third kappa shape index (κ3) is 4.31. The molecule has 1 heterocycles. The Labute approximate surface area is 178 Å². The van der Waals surface area contributed by atoms with E-state index in [1.54, 1.807) is 24.1 Å². The molecule has 1 atom stereocenters. The summed E-state index contributed by atoms with van der Waals surface area (Å²) >= 11 is 0. The monoisotopic (exact) mass is 407 g/mol. The number of carbonyl (C=O) groups excluding carboxylic acids is 2. The van der Waals surface area contributed by atoms with Crippen LogP contribution in [0.15, 0.2) is 54.1 Å². The normalized spacial score (nSPS) is 18.4. The second kappa shape index (κ2) is 9.26. The van der Waals surface area contributed by atoms with Crippen LogP contribution in [-0.4, -0.2) is 42.0 Å². The standard InChI is InChI=1S/C25H29NO4/c1-16(2)18-10-12-19(13-11-18)22-21(23(27)20-8-6-17(3)7-9-20)24(28)25(29)26(22)14-5-15-30-4/h6-13,16,22,27H,5,14-15H2,1-4H3. The van der Waals surface area contributed by atoms with Gasteiger partial charge in [-0.3, -0.25) is 9.59 Å². The van der Waals surface area contributed by atoms with Crippen molar-refractivity contribution in [3.8, 4) is 0 Å². The van der Waals surface area contributed by atoms with E-state index in [-0.39, 0.29) is 11.3 Å². The molecule has 3 rings (SSSR count). The van der Waals surface area contributed by atoms with Gasteiger partial charge in [0, 0.05) is 25.8 Å². The van der Waals surface area contributed by atoms with Crippen LogP contribution in [0.4, 0.5) is 0 Å². The van der Waals surface area contributed by atoms with E-state index >= 15 is 0 Å². The van der Waals surface area contributed by atoms with Crippen molar-refractivity contribution in [2.24, 2.45) is 0 Å². The first-order valence-electron chi connectivity index (χ1n) is 10.3. The summed E-state index contributed by atoms with van der Waals surface area (Å²) in [7, 11) is 1.60. The summed E-state index contributed by atoms with van der Waals surface area (Å²) in [5.41, 5.74) is 3.70. The van der Waals surface area contributed by atoms with Crippen molar-refractivity contribution in [2.45, 2.75) is 39.2 Å². The minimum absolute atomic E-state index is 0.138. The number of ketones is 1. The third-order valence-corrected chi connectivity index (χ3v) is 5.53. The van der Waals surface area contributed by atoms with Crippen molar-refractivity contribution < 1.29 is 19.4 Å². The van der Waals surface area contributed by atoms with E-state index < -0.39 is 17.7 Å². The van der Waals surface area contributed by atoms with Crippen LogP contribution in [0.2, 0.25) is 0 Å². The Morgan fingerprint density at radius 1 is 1.07 bits per heavy atom. The maximum atomic E-state index is 12.9. The molecule has 5 nitrogen and oxygen atoms in total. The number of hydrogen-bond donors (Lipinski definition) is 1. The third-order valence-electron chi connectivity index (χ3n) is 5.53. The lowest BCUT2D eigenvalue weighted by atomic mass is 9.93. The molecule has 30 heavy (non-hydrogen) atoms. The molecule has 0 spiro atoms. The first-order valence-corrected chi connectivity index (χ1v) is 10.3. The number of methoxy groups -OCH3 is 1. The molecule has 0 aromatic heterocycles. The van der Waals surface area contributed by atoms with Gasteiger partial charge < -0.3 is 14.7 Å². The van der Waals surface area contributed by atoms with Crippen LogP contribution in [0.25, 0.3) is 5.76 Å². The van der Waals surface area contributed by atoms with Gasteiger partial charge in [-0.05, 0) is 30.4 Å². The molecule has 1 unspecified atom stereocenters. The number of carbonyl (C=O) groups is 2. The molecule has 0 radical (unpaired) electrons. The molecule has 1 saturated heterocycles. The fourth-order valence-corrected chi connectivity index (χ4v) is 3.77. The van der Waals surface area contributed by atoms with E-state index in [4.69, 9.17) is 4.74 Å². The smallest absolute Gasteiger partial charge is 0.295 e. The molecule has 2 aromatic carbocycles. The van der Waals surface area contributed by atoms with Gasteiger partial charge in [0.1, 0.15) is 5.76 Å². The van der Waals surface area contributed by atoms with Crippen LogP contribution in [-0.2, 0) is 14.3 Å². The largest absolute Gasteiger partial charge is 0.507 e. The van der Waals surface area contributed by atoms with Gasteiger partial charge in [0.05, 0.1) is 11.6 Å². The number of Topliss-reactive ketones (excluding diaryl/α,β-unsaturated/α-hetero) is 1. The Morgan fingerprint density at radius 3 is 2.27 bits per heavy atom. The topological polar surface area (TPSA) is 66.8 Å². The van der Waals surface area contributed by atoms with E-state index in [0.29, 0.717) is 31.1 Å². The predicted octanol–water partition coefficient (Wildman–Crippen LogP) is 4.58. The van der Waals surface area contributed by atoms with E-state index in [9.17, 15) is 14.7 Å². The first kappa shape index (κ1) is 21.8. The Morgan fingerprint density at radius 2 is 1.70 bits per heavy atom. The first-order chi connectivity index (χ1) is 14.3. The van der Waals surface area contributed by atoms with Crippen LogP contribution in [0.3, 0.4) is 0 Å². The molecule has 1 aliphatic rings. The maximum Gasteiger partial charge on any atom is 0.295 e. The van der Waals surface area contributed by atoms with Gasteiger partial charge in [0.2, 0.25) is 0 Å². The van der Waals surface area contributed by atoms with Crippen LogP contribution < -0.4 is 0 Å². The number of ether oxygens (including phenoxy) is 1. The van der Waals surface area contributed by atoms with Crippen molar-refractivity contribution in [3.05, 3.63) is 76.4 Å². The van der Waals surface area contributed by atoms with E-state index in [2.05, 4.69) is 13.8 Å². The van der Waals surface area contributed by atoms with Crippen LogP contribution >= 0.6 is 0 Å². The summed E-state index contributed by atoms with van der Waals surface area (Å²) in [6.45, 7) is 7.04. The summed E-state index contributed by atoms with van der Waals surface area (Å²) in [6, 6.07) is 14.6. The molecule has 2 aromatic rings. The van der Waals surface area contributed by atoms with Crippen molar-refractivity contribution in [3.63, 3.8) is 0 Å². The number of aliphatic hydroxyl groups excluding tert-OH is 1. The molecule has 158 valence electrons. The number of rotatable bonds is 7. The van der Waals surface area contributed by atoms with Crippen molar-refractivity contribution >= 4 is 17.4 Å². The van der Waals surface area contributed by atoms with E-state index in [1.165, 1.54) is 5.56 Å². The van der Waals surface area contributed by atoms with Crippen LogP contribution in [0.5, 0.6) is 0 Å². The second-order valence-corrected chi connectivity index (χ2v) is 8.03. The second-order valence-electron chi connectivity index (χ2n) is 8.03. The number of nitrogens with zero attached hydrogens (tertiary/aromatic N) is 1. The zero-order chi connectivity index (χ0) is 21.8. The lowest BCUT2D eigenvalue weighted by Crippen LogP contribution is -2.31. The molecule has 5 heteroatoms. The van der Waals surface area contributed by atoms with Gasteiger partial charge >= 0.3 is 0 Å². The average molecular weight is 408 g/mol. The van der Waals surface area contributed by atoms with Crippen molar-refractivity contribution in [1.29, 1.82) is 0 Å². The number of hydrogen-bond acceptors (Lipinski definition) is 4. The highest BCUT2D eigenvalue weighted by molar-refractivity contribution is 6.46. The molecule has 1 aliphatic heterocycles. The fraction of sp³-hybridized carbons (Fsp3) is 0.360. The number of aryl methyl sites for hydroxylation is 1. The Balaban J connectivity index is 2.10. The summed E-state index contributed by atoms with van der Waals surface area (Å²) in [5.74, 6) is -0.999. The minimum atomic E-state index is -0.650. The lowest BCUT2D eigenvalue weighted by molar-refractivity contribution is -0.140. The quantitative estimate of drug-likeness (QED) is 0.316. The summed E-state index contributed by atoms with van der Waals surface area (Å²) in [4.78, 5) is 27.3. The maximum absolute atomic E-state index is 12.9. The van der Waals surface area contributed by atoms with Crippen LogP contribution in [0, 0.1) is 6.92 Å². The van der Waals surface area contributed by atoms with Crippen molar-refractivity contribution in [1.82, 2.24) is 4.90 Å². The molecule has 0 saturated carbocycles. The Bertz CT molecular complexity index is 942. The summed E-state index contributed by atoms with van der Waals surface area (Å²) < 4.78 is 5.12. The molecule has 0 aliphatic carbocycles. The highest BCUT2D eigenvalue weighted by Gasteiger charge is 2.45. The van der Waals surface area contributed by atoms with Gasteiger partial charge in [-0.1, -0.05) is 67.9 Å². The Hall–Kier alpha value is -2.92. The number of benzene rings is 2. The summed E-state index contributed by atoms with van der Waals surface area (Å²) in [5, 5.41) is 11.0. The lowest BCUT2D eigenvalue weighted by Gasteiger charge is -2.25. The number of aliphatic hydroxyl groups is 1. The predicted molar refractivity (Wildman–Crippen MR) is 117 cm³/mol. The highest BCUT2D eigenvalue weighted by atomic mass is 16.5. The zero-order valence-corrected chi connectivity index (χ0v) is 18.0. The van der Waals surface area contributed by atoms with E-state index in [1.807, 2.05) is 43.3 Å². The van der Waals surface area contributed by atoms with Crippen LogP contribution in [0.1, 0.15) is 54.5 Å². The Kier molecular flexibility index (Phi) is 6.73. The minimum Gasteiger partial charge on any atom is -0.507 e. The molecule has 1 fully saturated rings. The molecular formula is C25H29NO4. The van der Waals surface area contributed by atoms with E-state index in [0.717, 1.165) is 11.1 Å². The van der Waals surface area contributed by atoms with Crippen molar-refractivity contribution in [2.75, 3.05) is 20.3 Å². The average Bonchev–Trinajstić information content (AvgIpc) is 2.99. The molecule has 1 amide bonds. The van der Waals surface area contributed by atoms with Gasteiger partial charge in [0.15, 0.2) is 0 Å². The SMILES string of the molecule is COCCCN1C(=O)C(=O)C(=C(O)c2ccc(C)cc2)C1c1ccc(C(C)C)cc1. The number of amides is 1. The van der Waals surface area contributed by atoms with Gasteiger partial charge in [-0.15, -0.1) is 0 Å². The van der Waals surface area contributed by atoms with Gasteiger partial charge in [-0.2, -0.15) is 0 Å². The molecular weight excluding hydrogens is 378 g/mol. The fourth-order valence-electron chi connectivity index (χ4n) is 3.77. The highest BCUT2D eigenvalue weighted by Crippen LogP contribution is 2.39. The van der Waals surface area contributed by atoms with Gasteiger partial charge in [-0.25, -0.2) is 0 Å². The molecule has 1 N–H and O–H groups in total. The molecule has 0 bridgehead atoms. The zero-order valence-electron chi connectivity index (χ0n) is 18.0. The number of likely N-dealkylation sites (tertiary alicyclic amines) is 1. The summed E-state index contributed by atoms with van der Waals surface area (Å²) in [6.07, 6.45) is 0.606.